The van der Waals surface area contributed by atoms with Gasteiger partial charge in [-0.15, -0.1) is 0 Å². The molecule has 1 aromatic rings. The number of aldehydes is 1. The SMILES string of the molecule is O=CCCCC(=O)N1CCOCc2ccccc21. The molecule has 0 unspecified atom stereocenters. The van der Waals surface area contributed by atoms with Crippen molar-refractivity contribution in [2.24, 2.45) is 0 Å². The second kappa shape index (κ2) is 6.31. The molecule has 0 fully saturated rings. The molecule has 0 atom stereocenters. The van der Waals surface area contributed by atoms with Gasteiger partial charge in [0.05, 0.1) is 13.2 Å². The summed E-state index contributed by atoms with van der Waals surface area (Å²) >= 11 is 0. The zero-order chi connectivity index (χ0) is 12.8. The summed E-state index contributed by atoms with van der Waals surface area (Å²) < 4.78 is 5.48. The molecule has 1 aromatic carbocycles. The Kier molecular flexibility index (Phi) is 4.47. The average molecular weight is 247 g/mol. The number of rotatable bonds is 4. The lowest BCUT2D eigenvalue weighted by molar-refractivity contribution is -0.118. The molecule has 4 nitrogen and oxygen atoms in total. The Morgan fingerprint density at radius 3 is 3.06 bits per heavy atom. The molecule has 0 N–H and O–H groups in total. The maximum absolute atomic E-state index is 12.1. The van der Waals surface area contributed by atoms with Crippen molar-refractivity contribution in [1.82, 2.24) is 0 Å². The molecule has 2 rings (SSSR count). The van der Waals surface area contributed by atoms with Crippen LogP contribution in [-0.4, -0.2) is 25.3 Å². The van der Waals surface area contributed by atoms with Gasteiger partial charge < -0.3 is 14.4 Å². The van der Waals surface area contributed by atoms with E-state index < -0.39 is 0 Å². The van der Waals surface area contributed by atoms with Crippen LogP contribution in [0.2, 0.25) is 0 Å². The first-order chi connectivity index (χ1) is 8.83. The topological polar surface area (TPSA) is 46.6 Å². The molecule has 0 spiro atoms. The quantitative estimate of drug-likeness (QED) is 0.603. The molecule has 1 heterocycles. The third-order valence-corrected chi connectivity index (χ3v) is 3.01. The number of carbonyl (C=O) groups is 2. The van der Waals surface area contributed by atoms with Gasteiger partial charge in [0.25, 0.3) is 0 Å². The molecule has 1 amide bonds. The van der Waals surface area contributed by atoms with E-state index in [0.29, 0.717) is 39.0 Å². The van der Waals surface area contributed by atoms with Gasteiger partial charge in [-0.25, -0.2) is 0 Å². The standard InChI is InChI=1S/C14H17NO3/c16-9-4-3-7-14(17)15-8-10-18-11-12-5-1-2-6-13(12)15/h1-2,5-6,9H,3-4,7-8,10-11H2. The average Bonchev–Trinajstić information content (AvgIpc) is 2.61. The number of unbranched alkanes of at least 4 members (excludes halogenated alkanes) is 1. The summed E-state index contributed by atoms with van der Waals surface area (Å²) in [4.78, 5) is 24.2. The molecule has 0 aromatic heterocycles. The van der Waals surface area contributed by atoms with Crippen LogP contribution < -0.4 is 4.90 Å². The minimum absolute atomic E-state index is 0.0646. The number of para-hydroxylation sites is 1. The van der Waals surface area contributed by atoms with E-state index in [1.807, 2.05) is 24.3 Å². The molecule has 0 saturated heterocycles. The molecule has 1 aliphatic heterocycles. The number of ether oxygens (including phenoxy) is 1. The summed E-state index contributed by atoms with van der Waals surface area (Å²) in [5, 5.41) is 0. The van der Waals surface area contributed by atoms with Crippen molar-refractivity contribution >= 4 is 17.9 Å². The Labute approximate surface area is 107 Å². The summed E-state index contributed by atoms with van der Waals surface area (Å²) in [5.41, 5.74) is 1.98. The number of nitrogens with zero attached hydrogens (tertiary/aromatic N) is 1. The Morgan fingerprint density at radius 1 is 1.39 bits per heavy atom. The lowest BCUT2D eigenvalue weighted by Gasteiger charge is -2.22. The van der Waals surface area contributed by atoms with Gasteiger partial charge in [0, 0.05) is 30.6 Å². The van der Waals surface area contributed by atoms with Gasteiger partial charge in [0.1, 0.15) is 6.29 Å². The molecular weight excluding hydrogens is 230 g/mol. The Hall–Kier alpha value is -1.68. The number of benzene rings is 1. The molecule has 0 radical (unpaired) electrons. The van der Waals surface area contributed by atoms with Crippen molar-refractivity contribution in [3.8, 4) is 0 Å². The third kappa shape index (κ3) is 2.96. The molecule has 0 bridgehead atoms. The van der Waals surface area contributed by atoms with E-state index in [0.717, 1.165) is 17.5 Å². The van der Waals surface area contributed by atoms with Gasteiger partial charge in [0.15, 0.2) is 0 Å². The fraction of sp³-hybridized carbons (Fsp3) is 0.429. The number of carbonyl (C=O) groups excluding carboxylic acids is 2. The lowest BCUT2D eigenvalue weighted by Crippen LogP contribution is -2.33. The number of amides is 1. The largest absolute Gasteiger partial charge is 0.375 e. The predicted octanol–water partition coefficient (Wildman–Crippen LogP) is 1.92. The van der Waals surface area contributed by atoms with E-state index >= 15 is 0 Å². The highest BCUT2D eigenvalue weighted by Gasteiger charge is 2.20. The minimum atomic E-state index is 0.0646. The van der Waals surface area contributed by atoms with Crippen LogP contribution in [0.25, 0.3) is 0 Å². The van der Waals surface area contributed by atoms with Crippen molar-refractivity contribution in [2.45, 2.75) is 25.9 Å². The predicted molar refractivity (Wildman–Crippen MR) is 68.4 cm³/mol. The van der Waals surface area contributed by atoms with Crippen molar-refractivity contribution in [3.05, 3.63) is 29.8 Å². The molecule has 0 saturated carbocycles. The summed E-state index contributed by atoms with van der Waals surface area (Å²) in [6.45, 7) is 1.68. The number of anilines is 1. The van der Waals surface area contributed by atoms with E-state index in [1.165, 1.54) is 0 Å². The van der Waals surface area contributed by atoms with Gasteiger partial charge in [-0.3, -0.25) is 4.79 Å². The second-order valence-corrected chi connectivity index (χ2v) is 4.29. The number of hydrogen-bond donors (Lipinski definition) is 0. The lowest BCUT2D eigenvalue weighted by atomic mass is 10.1. The molecule has 4 heteroatoms. The maximum atomic E-state index is 12.1. The molecule has 1 aliphatic rings. The van der Waals surface area contributed by atoms with E-state index in [9.17, 15) is 9.59 Å². The first-order valence-electron chi connectivity index (χ1n) is 6.22. The first kappa shape index (κ1) is 12.8. The van der Waals surface area contributed by atoms with Gasteiger partial charge in [-0.05, 0) is 12.5 Å². The van der Waals surface area contributed by atoms with Gasteiger partial charge in [-0.1, -0.05) is 18.2 Å². The van der Waals surface area contributed by atoms with Gasteiger partial charge in [0.2, 0.25) is 5.91 Å². The van der Waals surface area contributed by atoms with E-state index in [4.69, 9.17) is 4.74 Å². The fourth-order valence-corrected chi connectivity index (χ4v) is 2.09. The maximum Gasteiger partial charge on any atom is 0.227 e. The van der Waals surface area contributed by atoms with Crippen LogP contribution >= 0.6 is 0 Å². The zero-order valence-corrected chi connectivity index (χ0v) is 10.3. The van der Waals surface area contributed by atoms with Gasteiger partial charge >= 0.3 is 0 Å². The molecular formula is C14H17NO3. The van der Waals surface area contributed by atoms with Crippen LogP contribution in [0.3, 0.4) is 0 Å². The van der Waals surface area contributed by atoms with Crippen LogP contribution in [0.1, 0.15) is 24.8 Å². The van der Waals surface area contributed by atoms with Crippen LogP contribution in [0.15, 0.2) is 24.3 Å². The summed E-state index contributed by atoms with van der Waals surface area (Å²) in [7, 11) is 0. The smallest absolute Gasteiger partial charge is 0.227 e. The van der Waals surface area contributed by atoms with Crippen LogP contribution in [0.4, 0.5) is 5.69 Å². The van der Waals surface area contributed by atoms with Crippen molar-refractivity contribution < 1.29 is 14.3 Å². The first-order valence-corrected chi connectivity index (χ1v) is 6.22. The zero-order valence-electron chi connectivity index (χ0n) is 10.3. The highest BCUT2D eigenvalue weighted by atomic mass is 16.5. The molecule has 96 valence electrons. The minimum Gasteiger partial charge on any atom is -0.375 e. The molecule has 18 heavy (non-hydrogen) atoms. The normalized spacial score (nSPS) is 14.8. The van der Waals surface area contributed by atoms with Crippen LogP contribution in [0, 0.1) is 0 Å². The van der Waals surface area contributed by atoms with Crippen LogP contribution in [0.5, 0.6) is 0 Å². The van der Waals surface area contributed by atoms with Crippen molar-refractivity contribution in [2.75, 3.05) is 18.1 Å². The summed E-state index contributed by atoms with van der Waals surface area (Å²) in [6, 6.07) is 7.80. The Morgan fingerprint density at radius 2 is 2.22 bits per heavy atom. The Bertz CT molecular complexity index is 431. The van der Waals surface area contributed by atoms with E-state index in [-0.39, 0.29) is 5.91 Å². The second-order valence-electron chi connectivity index (χ2n) is 4.29. The van der Waals surface area contributed by atoms with E-state index in [2.05, 4.69) is 0 Å². The van der Waals surface area contributed by atoms with E-state index in [1.54, 1.807) is 4.90 Å². The Balaban J connectivity index is 2.12. The summed E-state index contributed by atoms with van der Waals surface area (Å²) in [6.07, 6.45) is 2.32. The highest BCUT2D eigenvalue weighted by Crippen LogP contribution is 2.24. The number of hydrogen-bond acceptors (Lipinski definition) is 3. The third-order valence-electron chi connectivity index (χ3n) is 3.01. The van der Waals surface area contributed by atoms with Crippen molar-refractivity contribution in [1.29, 1.82) is 0 Å². The van der Waals surface area contributed by atoms with Crippen molar-refractivity contribution in [3.63, 3.8) is 0 Å². The molecule has 0 aliphatic carbocycles. The fourth-order valence-electron chi connectivity index (χ4n) is 2.09. The number of fused-ring (bicyclic) bond motifs is 1. The monoisotopic (exact) mass is 247 g/mol. The van der Waals surface area contributed by atoms with Crippen LogP contribution in [-0.2, 0) is 20.9 Å². The highest BCUT2D eigenvalue weighted by molar-refractivity contribution is 5.94. The summed E-state index contributed by atoms with van der Waals surface area (Å²) in [5.74, 6) is 0.0646. The van der Waals surface area contributed by atoms with Gasteiger partial charge in [-0.2, -0.15) is 0 Å².